The Morgan fingerprint density at radius 3 is 2.47 bits per heavy atom. The molecule has 10 nitrogen and oxygen atoms in total. The quantitative estimate of drug-likeness (QED) is 0.362. The molecule has 0 aliphatic carbocycles. The maximum Gasteiger partial charge on any atom is 0.254 e. The van der Waals surface area contributed by atoms with E-state index in [2.05, 4.69) is 36.0 Å². The number of carbonyl (C=O) groups is 1. The van der Waals surface area contributed by atoms with Crippen molar-refractivity contribution in [3.63, 3.8) is 0 Å². The molecule has 0 fully saturated rings. The van der Waals surface area contributed by atoms with Gasteiger partial charge in [0.25, 0.3) is 5.91 Å². The molecule has 0 radical (unpaired) electrons. The minimum absolute atomic E-state index is 0.289. The number of nitrogens with zero attached hydrogens (tertiary/aromatic N) is 5. The molecule has 1 amide bonds. The highest BCUT2D eigenvalue weighted by atomic mass is 35.5. The van der Waals surface area contributed by atoms with E-state index in [4.69, 9.17) is 16.3 Å². The van der Waals surface area contributed by atoms with Crippen molar-refractivity contribution in [1.82, 2.24) is 30.0 Å². The highest BCUT2D eigenvalue weighted by Gasteiger charge is 2.18. The molecule has 4 rings (SSSR count). The second-order valence-electron chi connectivity index (χ2n) is 7.03. The lowest BCUT2D eigenvalue weighted by atomic mass is 10.1. The van der Waals surface area contributed by atoms with Gasteiger partial charge < -0.3 is 20.7 Å². The van der Waals surface area contributed by atoms with Crippen LogP contribution in [0.1, 0.15) is 10.4 Å². The van der Waals surface area contributed by atoms with Gasteiger partial charge in [0.05, 0.1) is 42.0 Å². The van der Waals surface area contributed by atoms with E-state index >= 15 is 0 Å². The van der Waals surface area contributed by atoms with Crippen LogP contribution in [-0.2, 0) is 7.05 Å². The van der Waals surface area contributed by atoms with Crippen molar-refractivity contribution in [2.45, 2.75) is 0 Å². The number of nitrogens with one attached hydrogen (secondary N) is 3. The minimum atomic E-state index is -0.543. The van der Waals surface area contributed by atoms with Gasteiger partial charge in [0.2, 0.25) is 0 Å². The zero-order chi connectivity index (χ0) is 24.2. The third-order valence-corrected chi connectivity index (χ3v) is 5.16. The second-order valence-corrected chi connectivity index (χ2v) is 7.42. The van der Waals surface area contributed by atoms with Crippen molar-refractivity contribution in [3.05, 3.63) is 65.5 Å². The minimum Gasteiger partial charge on any atom is -0.494 e. The summed E-state index contributed by atoms with van der Waals surface area (Å²) in [7, 11) is 4.74. The highest BCUT2D eigenvalue weighted by Crippen LogP contribution is 2.37. The van der Waals surface area contributed by atoms with Crippen molar-refractivity contribution >= 4 is 40.5 Å². The van der Waals surface area contributed by atoms with Gasteiger partial charge in [0.1, 0.15) is 11.0 Å². The zero-order valence-corrected chi connectivity index (χ0v) is 19.2. The van der Waals surface area contributed by atoms with Crippen LogP contribution in [0.2, 0.25) is 5.15 Å². The molecule has 3 aromatic heterocycles. The Balaban J connectivity index is 1.73. The van der Waals surface area contributed by atoms with E-state index in [-0.39, 0.29) is 11.7 Å². The number of para-hydroxylation sites is 1. The molecular weight excluding hydrogens is 463 g/mol. The van der Waals surface area contributed by atoms with E-state index in [1.807, 2.05) is 0 Å². The normalized spacial score (nSPS) is 10.6. The highest BCUT2D eigenvalue weighted by molar-refractivity contribution is 6.29. The number of carbonyl (C=O) groups excluding carboxylic acids is 1. The Morgan fingerprint density at radius 1 is 1.06 bits per heavy atom. The Bertz CT molecular complexity index is 1320. The van der Waals surface area contributed by atoms with E-state index in [9.17, 15) is 9.18 Å². The van der Waals surface area contributed by atoms with Gasteiger partial charge in [-0.3, -0.25) is 9.48 Å². The molecule has 12 heteroatoms. The molecule has 3 N–H and O–H groups in total. The van der Waals surface area contributed by atoms with Crippen molar-refractivity contribution in [2.75, 3.05) is 24.8 Å². The van der Waals surface area contributed by atoms with E-state index in [1.54, 1.807) is 37.4 Å². The summed E-state index contributed by atoms with van der Waals surface area (Å²) in [6.45, 7) is 0. The van der Waals surface area contributed by atoms with Gasteiger partial charge in [-0.1, -0.05) is 17.7 Å². The molecule has 0 aliphatic rings. The molecule has 0 bridgehead atoms. The van der Waals surface area contributed by atoms with E-state index in [0.29, 0.717) is 45.0 Å². The van der Waals surface area contributed by atoms with Crippen LogP contribution in [0.4, 0.5) is 27.4 Å². The van der Waals surface area contributed by atoms with Crippen LogP contribution < -0.4 is 20.7 Å². The fraction of sp³-hybridized carbons (Fsp3) is 0.136. The topological polar surface area (TPSA) is 119 Å². The van der Waals surface area contributed by atoms with Crippen LogP contribution >= 0.6 is 11.6 Å². The summed E-state index contributed by atoms with van der Waals surface area (Å²) in [5.74, 6) is 0.753. The van der Waals surface area contributed by atoms with E-state index in [0.717, 1.165) is 12.4 Å². The maximum absolute atomic E-state index is 13.3. The summed E-state index contributed by atoms with van der Waals surface area (Å²) in [6.07, 6.45) is 3.60. The third kappa shape index (κ3) is 4.74. The zero-order valence-electron chi connectivity index (χ0n) is 18.4. The molecule has 0 spiro atoms. The third-order valence-electron chi connectivity index (χ3n) is 4.80. The lowest BCUT2D eigenvalue weighted by Gasteiger charge is -2.17. The van der Waals surface area contributed by atoms with Gasteiger partial charge in [-0.05, 0) is 12.1 Å². The summed E-state index contributed by atoms with van der Waals surface area (Å²) in [5, 5.41) is 13.6. The van der Waals surface area contributed by atoms with Crippen LogP contribution in [0.3, 0.4) is 0 Å². The standard InChI is InChI=1S/C22H20ClFN8O2/c1-25-22(33)14-11-26-18(30-19-8-17(23)32(2)31-19)7-16(14)29-15-6-4-5-13(20(15)34-3)21-27-9-12(24)10-28-21/h4-11H,1-3H3,(H,25,33)(H2,26,29,30,31). The lowest BCUT2D eigenvalue weighted by molar-refractivity contribution is 0.0963. The van der Waals surface area contributed by atoms with Crippen LogP contribution in [-0.4, -0.2) is 44.8 Å². The van der Waals surface area contributed by atoms with Gasteiger partial charge in [-0.2, -0.15) is 5.10 Å². The average Bonchev–Trinajstić information content (AvgIpc) is 3.15. The number of aromatic nitrogens is 5. The number of amides is 1. The van der Waals surface area contributed by atoms with Crippen molar-refractivity contribution < 1.29 is 13.9 Å². The lowest BCUT2D eigenvalue weighted by Crippen LogP contribution is -2.19. The number of benzene rings is 1. The number of pyridine rings is 1. The molecule has 0 aliphatic heterocycles. The van der Waals surface area contributed by atoms with Gasteiger partial charge in [-0.15, -0.1) is 0 Å². The fourth-order valence-corrected chi connectivity index (χ4v) is 3.35. The van der Waals surface area contributed by atoms with Gasteiger partial charge in [0.15, 0.2) is 23.2 Å². The molecule has 0 saturated carbocycles. The first kappa shape index (κ1) is 22.9. The fourth-order valence-electron chi connectivity index (χ4n) is 3.21. The SMILES string of the molecule is CNC(=O)c1cnc(Nc2cc(Cl)n(C)n2)cc1Nc1cccc(-c2ncc(F)cn2)c1OC. The molecule has 0 atom stereocenters. The largest absolute Gasteiger partial charge is 0.494 e. The molecule has 174 valence electrons. The monoisotopic (exact) mass is 482 g/mol. The van der Waals surface area contributed by atoms with Gasteiger partial charge in [-0.25, -0.2) is 19.3 Å². The number of hydrogen-bond donors (Lipinski definition) is 3. The second kappa shape index (κ2) is 9.71. The van der Waals surface area contributed by atoms with Crippen LogP contribution in [0.15, 0.2) is 48.9 Å². The van der Waals surface area contributed by atoms with Crippen molar-refractivity contribution in [3.8, 4) is 17.1 Å². The van der Waals surface area contributed by atoms with Crippen LogP contribution in [0, 0.1) is 5.82 Å². The Morgan fingerprint density at radius 2 is 1.82 bits per heavy atom. The smallest absolute Gasteiger partial charge is 0.254 e. The van der Waals surface area contributed by atoms with Crippen LogP contribution in [0.5, 0.6) is 5.75 Å². The Kier molecular flexibility index (Phi) is 6.55. The first-order chi connectivity index (χ1) is 16.4. The summed E-state index contributed by atoms with van der Waals surface area (Å²) in [4.78, 5) is 24.9. The summed E-state index contributed by atoms with van der Waals surface area (Å²) < 4.78 is 20.4. The first-order valence-corrected chi connectivity index (χ1v) is 10.4. The number of ether oxygens (including phenoxy) is 1. The predicted octanol–water partition coefficient (Wildman–Crippen LogP) is 3.92. The van der Waals surface area contributed by atoms with Crippen molar-refractivity contribution in [2.24, 2.45) is 7.05 Å². The Hall–Kier alpha value is -4.25. The van der Waals surface area contributed by atoms with Gasteiger partial charge in [0, 0.05) is 32.4 Å². The summed E-state index contributed by atoms with van der Waals surface area (Å²) >= 11 is 6.06. The molecule has 0 unspecified atom stereocenters. The molecule has 3 heterocycles. The first-order valence-electron chi connectivity index (χ1n) is 10.00. The maximum atomic E-state index is 13.3. The molecule has 4 aromatic rings. The molecule has 0 saturated heterocycles. The number of rotatable bonds is 7. The molecule has 1 aromatic carbocycles. The number of halogens is 2. The average molecular weight is 483 g/mol. The van der Waals surface area contributed by atoms with E-state index < -0.39 is 5.82 Å². The van der Waals surface area contributed by atoms with Crippen LogP contribution in [0.25, 0.3) is 11.4 Å². The number of hydrogen-bond acceptors (Lipinski definition) is 8. The number of anilines is 4. The van der Waals surface area contributed by atoms with E-state index in [1.165, 1.54) is 25.0 Å². The predicted molar refractivity (Wildman–Crippen MR) is 126 cm³/mol. The molecule has 34 heavy (non-hydrogen) atoms. The number of aryl methyl sites for hydroxylation is 1. The number of methoxy groups -OCH3 is 1. The Labute approximate surface area is 199 Å². The van der Waals surface area contributed by atoms with Crippen molar-refractivity contribution in [1.29, 1.82) is 0 Å². The summed E-state index contributed by atoms with van der Waals surface area (Å²) in [5.41, 5.74) is 1.84. The van der Waals surface area contributed by atoms with Gasteiger partial charge >= 0.3 is 0 Å². The summed E-state index contributed by atoms with van der Waals surface area (Å²) in [6, 6.07) is 8.60. The molecular formula is C22H20ClFN8O2.